The van der Waals surface area contributed by atoms with Crippen LogP contribution in [0.1, 0.15) is 18.4 Å². The van der Waals surface area contributed by atoms with Crippen molar-refractivity contribution in [2.24, 2.45) is 0 Å². The summed E-state index contributed by atoms with van der Waals surface area (Å²) in [6.45, 7) is 1.27. The fraction of sp³-hybridized carbons (Fsp3) is 0.375. The Morgan fingerprint density at radius 3 is 3.09 bits per heavy atom. The summed E-state index contributed by atoms with van der Waals surface area (Å²) >= 11 is 6.61. The molecule has 1 atom stereocenters. The third-order valence-corrected chi connectivity index (χ3v) is 5.16. The second-order valence-electron chi connectivity index (χ2n) is 5.36. The van der Waals surface area contributed by atoms with Crippen molar-refractivity contribution >= 4 is 40.3 Å². The zero-order chi connectivity index (χ0) is 16.4. The van der Waals surface area contributed by atoms with Crippen molar-refractivity contribution in [1.29, 1.82) is 0 Å². The number of ether oxygens (including phenoxy) is 2. The summed E-state index contributed by atoms with van der Waals surface area (Å²) in [6, 6.07) is 4.95. The van der Waals surface area contributed by atoms with Crippen molar-refractivity contribution in [3.63, 3.8) is 0 Å². The number of rotatable bonds is 4. The predicted octanol–water partition coefficient (Wildman–Crippen LogP) is 2.78. The smallest absolute Gasteiger partial charge is 0.266 e. The van der Waals surface area contributed by atoms with Crippen molar-refractivity contribution in [3.8, 4) is 11.5 Å². The van der Waals surface area contributed by atoms with E-state index in [0.29, 0.717) is 21.5 Å². The minimum Gasteiger partial charge on any atom is -0.504 e. The van der Waals surface area contributed by atoms with Gasteiger partial charge in [-0.2, -0.15) is 0 Å². The highest BCUT2D eigenvalue weighted by Crippen LogP contribution is 2.35. The molecule has 1 aromatic rings. The molecule has 2 heterocycles. The molecule has 1 amide bonds. The first-order valence-electron chi connectivity index (χ1n) is 7.32. The number of thiocarbonyl (C=S) groups is 1. The number of benzene rings is 1. The first-order chi connectivity index (χ1) is 11.1. The van der Waals surface area contributed by atoms with Gasteiger partial charge >= 0.3 is 0 Å². The monoisotopic (exact) mass is 351 g/mol. The van der Waals surface area contributed by atoms with Gasteiger partial charge in [0, 0.05) is 6.61 Å². The molecule has 5 nitrogen and oxygen atoms in total. The van der Waals surface area contributed by atoms with E-state index in [9.17, 15) is 9.90 Å². The Kier molecular flexibility index (Phi) is 4.89. The lowest BCUT2D eigenvalue weighted by Gasteiger charge is -2.18. The van der Waals surface area contributed by atoms with E-state index in [-0.39, 0.29) is 17.8 Å². The second kappa shape index (κ2) is 6.90. The van der Waals surface area contributed by atoms with Crippen LogP contribution in [-0.2, 0) is 9.53 Å². The SMILES string of the molecule is COc1cc(/C=C2\SC(=S)N(CC3CCCO3)C2=O)ccc1O. The molecule has 1 aromatic carbocycles. The zero-order valence-corrected chi connectivity index (χ0v) is 14.3. The van der Waals surface area contributed by atoms with Crippen LogP contribution in [0.5, 0.6) is 11.5 Å². The van der Waals surface area contributed by atoms with Crippen molar-refractivity contribution in [3.05, 3.63) is 28.7 Å². The van der Waals surface area contributed by atoms with Crippen LogP contribution in [0.25, 0.3) is 6.08 Å². The molecule has 0 saturated carbocycles. The number of carbonyl (C=O) groups excluding carboxylic acids is 1. The lowest BCUT2D eigenvalue weighted by atomic mass is 10.2. The molecule has 0 spiro atoms. The summed E-state index contributed by atoms with van der Waals surface area (Å²) in [5.74, 6) is 0.340. The Morgan fingerprint density at radius 1 is 1.57 bits per heavy atom. The fourth-order valence-electron chi connectivity index (χ4n) is 2.58. The Balaban J connectivity index is 1.78. The minimum absolute atomic E-state index is 0.0654. The van der Waals surface area contributed by atoms with E-state index in [2.05, 4.69) is 0 Å². The number of nitrogens with zero attached hydrogens (tertiary/aromatic N) is 1. The molecule has 0 aromatic heterocycles. The normalized spacial score (nSPS) is 23.1. The van der Waals surface area contributed by atoms with Gasteiger partial charge in [0.05, 0.1) is 24.7 Å². The van der Waals surface area contributed by atoms with Gasteiger partial charge in [0.1, 0.15) is 4.32 Å². The molecule has 2 fully saturated rings. The molecular formula is C16H17NO4S2. The van der Waals surface area contributed by atoms with E-state index in [1.54, 1.807) is 23.1 Å². The Labute approximate surface area is 144 Å². The molecule has 2 aliphatic rings. The van der Waals surface area contributed by atoms with E-state index < -0.39 is 0 Å². The lowest BCUT2D eigenvalue weighted by Crippen LogP contribution is -2.35. The molecule has 7 heteroatoms. The topological polar surface area (TPSA) is 59.0 Å². The third-order valence-electron chi connectivity index (χ3n) is 3.79. The van der Waals surface area contributed by atoms with Crippen LogP contribution in [0.4, 0.5) is 0 Å². The lowest BCUT2D eigenvalue weighted by molar-refractivity contribution is -0.123. The molecule has 2 saturated heterocycles. The van der Waals surface area contributed by atoms with Crippen LogP contribution in [0, 0.1) is 0 Å². The van der Waals surface area contributed by atoms with Crippen molar-refractivity contribution in [2.75, 3.05) is 20.3 Å². The molecule has 0 radical (unpaired) electrons. The number of phenolic OH excluding ortho intramolecular Hbond substituents is 1. The molecule has 3 rings (SSSR count). The molecule has 1 N–H and O–H groups in total. The summed E-state index contributed by atoms with van der Waals surface area (Å²) < 4.78 is 11.2. The van der Waals surface area contributed by atoms with E-state index in [0.717, 1.165) is 25.0 Å². The van der Waals surface area contributed by atoms with Crippen LogP contribution in [0.2, 0.25) is 0 Å². The molecule has 0 aliphatic carbocycles. The van der Waals surface area contributed by atoms with Crippen molar-refractivity contribution in [1.82, 2.24) is 4.90 Å². The number of hydrogen-bond donors (Lipinski definition) is 1. The number of aromatic hydroxyl groups is 1. The van der Waals surface area contributed by atoms with E-state index >= 15 is 0 Å². The van der Waals surface area contributed by atoms with Gasteiger partial charge in [0.25, 0.3) is 5.91 Å². The molecule has 122 valence electrons. The summed E-state index contributed by atoms with van der Waals surface area (Å²) in [5, 5.41) is 9.63. The van der Waals surface area contributed by atoms with Crippen LogP contribution >= 0.6 is 24.0 Å². The van der Waals surface area contributed by atoms with Gasteiger partial charge < -0.3 is 14.6 Å². The maximum Gasteiger partial charge on any atom is 0.266 e. The highest BCUT2D eigenvalue weighted by atomic mass is 32.2. The largest absolute Gasteiger partial charge is 0.504 e. The number of carbonyl (C=O) groups is 1. The summed E-state index contributed by atoms with van der Waals surface area (Å²) in [6.07, 6.45) is 3.83. The molecular weight excluding hydrogens is 334 g/mol. The number of methoxy groups -OCH3 is 1. The number of phenols is 1. The summed E-state index contributed by atoms with van der Waals surface area (Å²) in [4.78, 5) is 14.7. The third kappa shape index (κ3) is 3.52. The van der Waals surface area contributed by atoms with Crippen LogP contribution in [0.15, 0.2) is 23.1 Å². The van der Waals surface area contributed by atoms with Gasteiger partial charge in [-0.05, 0) is 36.6 Å². The maximum atomic E-state index is 12.5. The van der Waals surface area contributed by atoms with Crippen LogP contribution in [-0.4, -0.2) is 46.6 Å². The van der Waals surface area contributed by atoms with Crippen LogP contribution in [0.3, 0.4) is 0 Å². The second-order valence-corrected chi connectivity index (χ2v) is 7.03. The van der Waals surface area contributed by atoms with E-state index in [4.69, 9.17) is 21.7 Å². The van der Waals surface area contributed by atoms with Gasteiger partial charge in [-0.15, -0.1) is 0 Å². The molecule has 2 aliphatic heterocycles. The highest BCUT2D eigenvalue weighted by molar-refractivity contribution is 8.26. The number of thioether (sulfide) groups is 1. The first-order valence-corrected chi connectivity index (χ1v) is 8.55. The molecule has 1 unspecified atom stereocenters. The van der Waals surface area contributed by atoms with Crippen LogP contribution < -0.4 is 4.74 Å². The van der Waals surface area contributed by atoms with Crippen molar-refractivity contribution in [2.45, 2.75) is 18.9 Å². The van der Waals surface area contributed by atoms with E-state index in [1.165, 1.54) is 24.9 Å². The number of amides is 1. The zero-order valence-electron chi connectivity index (χ0n) is 12.7. The van der Waals surface area contributed by atoms with Gasteiger partial charge in [-0.3, -0.25) is 9.69 Å². The summed E-state index contributed by atoms with van der Waals surface area (Å²) in [7, 11) is 1.49. The average molecular weight is 351 g/mol. The van der Waals surface area contributed by atoms with Gasteiger partial charge in [-0.25, -0.2) is 0 Å². The number of hydrogen-bond acceptors (Lipinski definition) is 6. The van der Waals surface area contributed by atoms with Gasteiger partial charge in [-0.1, -0.05) is 30.0 Å². The average Bonchev–Trinajstić information content (AvgIpc) is 3.14. The van der Waals surface area contributed by atoms with Crippen molar-refractivity contribution < 1.29 is 19.4 Å². The fourth-order valence-corrected chi connectivity index (χ4v) is 3.86. The molecule has 23 heavy (non-hydrogen) atoms. The first kappa shape index (κ1) is 16.3. The van der Waals surface area contributed by atoms with Gasteiger partial charge in [0.2, 0.25) is 0 Å². The highest BCUT2D eigenvalue weighted by Gasteiger charge is 2.34. The minimum atomic E-state index is -0.0949. The molecule has 0 bridgehead atoms. The maximum absolute atomic E-state index is 12.5. The Morgan fingerprint density at radius 2 is 2.39 bits per heavy atom. The van der Waals surface area contributed by atoms with E-state index in [1.807, 2.05) is 0 Å². The standard InChI is InChI=1S/C16H17NO4S2/c1-20-13-7-10(4-5-12(13)18)8-14-15(19)17(16(22)23-14)9-11-3-2-6-21-11/h4-5,7-8,11,18H,2-3,6,9H2,1H3/b14-8-. The Hall–Kier alpha value is -1.57. The quantitative estimate of drug-likeness (QED) is 0.665. The Bertz CT molecular complexity index is 668. The predicted molar refractivity (Wildman–Crippen MR) is 93.5 cm³/mol. The summed E-state index contributed by atoms with van der Waals surface area (Å²) in [5.41, 5.74) is 0.775. The van der Waals surface area contributed by atoms with Gasteiger partial charge in [0.15, 0.2) is 11.5 Å².